The molecule has 3 aromatic carbocycles. The van der Waals surface area contributed by atoms with E-state index < -0.39 is 0 Å². The Bertz CT molecular complexity index is 1090. The van der Waals surface area contributed by atoms with Gasteiger partial charge in [0.25, 0.3) is 0 Å². The van der Waals surface area contributed by atoms with Crippen LogP contribution in [-0.2, 0) is 9.59 Å². The second kappa shape index (κ2) is 10.7. The first-order valence-electron chi connectivity index (χ1n) is 11.4. The lowest BCUT2D eigenvalue weighted by Crippen LogP contribution is -2.41. The van der Waals surface area contributed by atoms with Crippen molar-refractivity contribution in [1.82, 2.24) is 4.90 Å². The van der Waals surface area contributed by atoms with Gasteiger partial charge >= 0.3 is 0 Å². The Morgan fingerprint density at radius 3 is 1.94 bits per heavy atom. The molecule has 1 N–H and O–H groups in total. The van der Waals surface area contributed by atoms with Gasteiger partial charge in [0.05, 0.1) is 0 Å². The minimum absolute atomic E-state index is 0.00225. The van der Waals surface area contributed by atoms with Crippen molar-refractivity contribution in [2.75, 3.05) is 18.4 Å². The predicted octanol–water partition coefficient (Wildman–Crippen LogP) is 5.19. The molecule has 0 aromatic heterocycles. The van der Waals surface area contributed by atoms with Crippen molar-refractivity contribution in [2.45, 2.75) is 25.7 Å². The van der Waals surface area contributed by atoms with Crippen molar-refractivity contribution in [3.8, 4) is 11.1 Å². The minimum Gasteiger partial charge on any atom is -0.343 e. The van der Waals surface area contributed by atoms with E-state index >= 15 is 0 Å². The molecule has 0 spiro atoms. The van der Waals surface area contributed by atoms with Gasteiger partial charge in [0.1, 0.15) is 0 Å². The van der Waals surface area contributed by atoms with E-state index in [1.54, 1.807) is 4.90 Å². The molecule has 1 heterocycles. The third-order valence-electron chi connectivity index (χ3n) is 6.14. The number of ketones is 1. The summed E-state index contributed by atoms with van der Waals surface area (Å²) >= 11 is 0. The summed E-state index contributed by atoms with van der Waals surface area (Å²) in [5, 5.41) is 2.94. The van der Waals surface area contributed by atoms with Crippen LogP contribution in [0, 0.1) is 5.92 Å². The number of hydrogen-bond donors (Lipinski definition) is 1. The van der Waals surface area contributed by atoms with Crippen LogP contribution in [0.25, 0.3) is 11.1 Å². The van der Waals surface area contributed by atoms with Crippen molar-refractivity contribution in [1.29, 1.82) is 0 Å². The Morgan fingerprint density at radius 1 is 0.727 bits per heavy atom. The Kier molecular flexibility index (Phi) is 7.30. The van der Waals surface area contributed by atoms with Gasteiger partial charge in [0.2, 0.25) is 11.8 Å². The second-order valence-corrected chi connectivity index (χ2v) is 8.38. The zero-order valence-corrected chi connectivity index (χ0v) is 18.6. The number of amides is 2. The smallest absolute Gasteiger partial charge is 0.227 e. The van der Waals surface area contributed by atoms with Crippen LogP contribution in [0.5, 0.6) is 0 Å². The van der Waals surface area contributed by atoms with E-state index in [2.05, 4.69) is 5.32 Å². The number of benzene rings is 3. The SMILES string of the molecule is O=C(CCC(=O)N1CCC(C(=O)Nc2ccccc2)CC1)c1ccc(-c2ccccc2)cc1. The van der Waals surface area contributed by atoms with Crippen LogP contribution in [0.3, 0.4) is 0 Å². The zero-order valence-electron chi connectivity index (χ0n) is 18.6. The van der Waals surface area contributed by atoms with Gasteiger partial charge < -0.3 is 10.2 Å². The highest BCUT2D eigenvalue weighted by Crippen LogP contribution is 2.22. The predicted molar refractivity (Wildman–Crippen MR) is 130 cm³/mol. The monoisotopic (exact) mass is 440 g/mol. The van der Waals surface area contributed by atoms with Gasteiger partial charge in [-0.25, -0.2) is 0 Å². The molecule has 0 atom stereocenters. The highest BCUT2D eigenvalue weighted by molar-refractivity contribution is 5.98. The average Bonchev–Trinajstić information content (AvgIpc) is 2.88. The number of hydrogen-bond acceptors (Lipinski definition) is 3. The number of piperidine rings is 1. The van der Waals surface area contributed by atoms with Crippen LogP contribution in [0.15, 0.2) is 84.9 Å². The van der Waals surface area contributed by atoms with Crippen LogP contribution in [-0.4, -0.2) is 35.6 Å². The Hall–Kier alpha value is -3.73. The van der Waals surface area contributed by atoms with Gasteiger partial charge in [-0.05, 0) is 36.1 Å². The number of Topliss-reactive ketones (excluding diaryl/α,β-unsaturated/α-hetero) is 1. The van der Waals surface area contributed by atoms with E-state index in [0.717, 1.165) is 16.8 Å². The van der Waals surface area contributed by atoms with Gasteiger partial charge in [-0.2, -0.15) is 0 Å². The van der Waals surface area contributed by atoms with Crippen LogP contribution < -0.4 is 5.32 Å². The molecule has 33 heavy (non-hydrogen) atoms. The first kappa shape index (κ1) is 22.5. The summed E-state index contributed by atoms with van der Waals surface area (Å²) < 4.78 is 0. The lowest BCUT2D eigenvalue weighted by Gasteiger charge is -2.31. The minimum atomic E-state index is -0.0981. The van der Waals surface area contributed by atoms with E-state index in [1.807, 2.05) is 84.9 Å². The fraction of sp³-hybridized carbons (Fsp3) is 0.250. The first-order chi connectivity index (χ1) is 16.1. The molecule has 0 bridgehead atoms. The molecule has 4 rings (SSSR count). The van der Waals surface area contributed by atoms with Gasteiger partial charge in [-0.1, -0.05) is 72.8 Å². The van der Waals surface area contributed by atoms with Crippen molar-refractivity contribution >= 4 is 23.3 Å². The number of anilines is 1. The molecule has 168 valence electrons. The molecular formula is C28H28N2O3. The molecule has 1 aliphatic heterocycles. The maximum absolute atomic E-state index is 12.6. The zero-order chi connectivity index (χ0) is 23.0. The number of likely N-dealkylation sites (tertiary alicyclic amines) is 1. The van der Waals surface area contributed by atoms with E-state index in [-0.39, 0.29) is 36.4 Å². The highest BCUT2D eigenvalue weighted by Gasteiger charge is 2.27. The third kappa shape index (κ3) is 5.95. The van der Waals surface area contributed by atoms with Gasteiger partial charge in [-0.15, -0.1) is 0 Å². The quantitative estimate of drug-likeness (QED) is 0.514. The molecule has 5 heteroatoms. The second-order valence-electron chi connectivity index (χ2n) is 8.38. The molecule has 0 radical (unpaired) electrons. The summed E-state index contributed by atoms with van der Waals surface area (Å²) in [6.45, 7) is 1.09. The number of carbonyl (C=O) groups excluding carboxylic acids is 3. The molecule has 5 nitrogen and oxygen atoms in total. The fourth-order valence-electron chi connectivity index (χ4n) is 4.16. The standard InChI is InChI=1S/C28H28N2O3/c31-26(23-13-11-22(12-14-23)21-7-3-1-4-8-21)15-16-27(32)30-19-17-24(18-20-30)28(33)29-25-9-5-2-6-10-25/h1-14,24H,15-20H2,(H,29,33). The number of para-hydroxylation sites is 1. The molecule has 2 amide bonds. The lowest BCUT2D eigenvalue weighted by atomic mass is 9.95. The normalized spacial score (nSPS) is 14.0. The number of rotatable bonds is 7. The number of nitrogens with zero attached hydrogens (tertiary/aromatic N) is 1. The summed E-state index contributed by atoms with van der Waals surface area (Å²) in [4.78, 5) is 39.4. The maximum Gasteiger partial charge on any atom is 0.227 e. The first-order valence-corrected chi connectivity index (χ1v) is 11.4. The van der Waals surface area contributed by atoms with Crippen LogP contribution in [0.1, 0.15) is 36.0 Å². The Morgan fingerprint density at radius 2 is 1.30 bits per heavy atom. The maximum atomic E-state index is 12.6. The van der Waals surface area contributed by atoms with Crippen LogP contribution in [0.4, 0.5) is 5.69 Å². The van der Waals surface area contributed by atoms with Gasteiger partial charge in [0, 0.05) is 43.1 Å². The van der Waals surface area contributed by atoms with Gasteiger partial charge in [-0.3, -0.25) is 14.4 Å². The summed E-state index contributed by atoms with van der Waals surface area (Å²) in [7, 11) is 0. The van der Waals surface area contributed by atoms with E-state index in [1.165, 1.54) is 0 Å². The van der Waals surface area contributed by atoms with Gasteiger partial charge in [0.15, 0.2) is 5.78 Å². The lowest BCUT2D eigenvalue weighted by molar-refractivity contribution is -0.134. The summed E-state index contributed by atoms with van der Waals surface area (Å²) in [5.41, 5.74) is 3.57. The average molecular weight is 441 g/mol. The van der Waals surface area contributed by atoms with E-state index in [0.29, 0.717) is 31.5 Å². The number of carbonyl (C=O) groups is 3. The van der Waals surface area contributed by atoms with E-state index in [9.17, 15) is 14.4 Å². The molecule has 1 saturated heterocycles. The molecule has 1 fully saturated rings. The molecule has 0 unspecified atom stereocenters. The van der Waals surface area contributed by atoms with Crippen LogP contribution >= 0.6 is 0 Å². The summed E-state index contributed by atoms with van der Waals surface area (Å²) in [6.07, 6.45) is 1.66. The molecule has 3 aromatic rings. The van der Waals surface area contributed by atoms with Crippen molar-refractivity contribution < 1.29 is 14.4 Å². The number of nitrogens with one attached hydrogen (secondary N) is 1. The topological polar surface area (TPSA) is 66.5 Å². The molecular weight excluding hydrogens is 412 g/mol. The molecule has 0 aliphatic carbocycles. The van der Waals surface area contributed by atoms with Crippen LogP contribution in [0.2, 0.25) is 0 Å². The summed E-state index contributed by atoms with van der Waals surface area (Å²) in [5.74, 6) is -0.146. The molecule has 0 saturated carbocycles. The van der Waals surface area contributed by atoms with Crippen molar-refractivity contribution in [2.24, 2.45) is 5.92 Å². The molecule has 1 aliphatic rings. The Balaban J connectivity index is 1.22. The van der Waals surface area contributed by atoms with E-state index in [4.69, 9.17) is 0 Å². The fourth-order valence-corrected chi connectivity index (χ4v) is 4.16. The highest BCUT2D eigenvalue weighted by atomic mass is 16.2. The van der Waals surface area contributed by atoms with Crippen molar-refractivity contribution in [3.63, 3.8) is 0 Å². The Labute approximate surface area is 194 Å². The largest absolute Gasteiger partial charge is 0.343 e. The van der Waals surface area contributed by atoms with Crippen molar-refractivity contribution in [3.05, 3.63) is 90.5 Å². The third-order valence-corrected chi connectivity index (χ3v) is 6.14. The summed E-state index contributed by atoms with van der Waals surface area (Å²) in [6, 6.07) is 26.9.